The van der Waals surface area contributed by atoms with Crippen molar-refractivity contribution in [3.63, 3.8) is 0 Å². The van der Waals surface area contributed by atoms with Crippen molar-refractivity contribution in [3.05, 3.63) is 0 Å². The predicted molar refractivity (Wildman–Crippen MR) is 42.0 cm³/mol. The molecule has 0 atom stereocenters. The fourth-order valence-corrected chi connectivity index (χ4v) is 0.520. The van der Waals surface area contributed by atoms with Crippen molar-refractivity contribution in [1.29, 1.82) is 0 Å². The number of aliphatic hydroxyl groups is 1. The molecule has 0 aromatic rings. The van der Waals surface area contributed by atoms with Gasteiger partial charge in [-0.05, 0) is 12.8 Å². The quantitative estimate of drug-likeness (QED) is 0.638. The highest BCUT2D eigenvalue weighted by molar-refractivity contribution is 4.61. The van der Waals surface area contributed by atoms with Crippen LogP contribution in [0.2, 0.25) is 0 Å². The van der Waals surface area contributed by atoms with Crippen LogP contribution in [0.4, 0.5) is 0 Å². The third-order valence-electron chi connectivity index (χ3n) is 1.51. The van der Waals surface area contributed by atoms with Gasteiger partial charge < -0.3 is 9.84 Å². The summed E-state index contributed by atoms with van der Waals surface area (Å²) in [6.45, 7) is 6.47. The molecule has 2 nitrogen and oxygen atoms in total. The van der Waals surface area contributed by atoms with E-state index >= 15 is 0 Å². The van der Waals surface area contributed by atoms with Gasteiger partial charge in [-0.25, -0.2) is 0 Å². The molecule has 0 unspecified atom stereocenters. The number of rotatable bonds is 2. The molecule has 0 spiro atoms. The number of hydrogen-bond acceptors (Lipinski definition) is 2. The zero-order chi connectivity index (χ0) is 7.82. The van der Waals surface area contributed by atoms with E-state index in [0.29, 0.717) is 6.61 Å². The minimum atomic E-state index is 0.319. The second kappa shape index (κ2) is 7.03. The molecule has 1 rings (SSSR count). The molecular weight excluding hydrogens is 128 g/mol. The topological polar surface area (TPSA) is 29.5 Å². The first-order valence-corrected chi connectivity index (χ1v) is 4.03. The van der Waals surface area contributed by atoms with Crippen molar-refractivity contribution in [1.82, 2.24) is 0 Å². The minimum absolute atomic E-state index is 0.319. The van der Waals surface area contributed by atoms with E-state index in [-0.39, 0.29) is 0 Å². The maximum atomic E-state index is 7.88. The van der Waals surface area contributed by atoms with Gasteiger partial charge in [0.15, 0.2) is 0 Å². The zero-order valence-corrected chi connectivity index (χ0v) is 6.97. The van der Waals surface area contributed by atoms with E-state index < -0.39 is 0 Å². The van der Waals surface area contributed by atoms with Crippen LogP contribution in [0.5, 0.6) is 0 Å². The first-order chi connectivity index (χ1) is 4.85. The predicted octanol–water partition coefficient (Wildman–Crippen LogP) is 1.43. The maximum Gasteiger partial charge on any atom is 0.0516 e. The third kappa shape index (κ3) is 4.77. The Labute approximate surface area is 63.2 Å². The Morgan fingerprint density at radius 1 is 1.40 bits per heavy atom. The Morgan fingerprint density at radius 2 is 1.90 bits per heavy atom. The summed E-state index contributed by atoms with van der Waals surface area (Å²) in [6.07, 6.45) is 2.17. The fraction of sp³-hybridized carbons (Fsp3) is 1.00. The van der Waals surface area contributed by atoms with Gasteiger partial charge in [-0.2, -0.15) is 0 Å². The van der Waals surface area contributed by atoms with Crippen molar-refractivity contribution >= 4 is 0 Å². The van der Waals surface area contributed by atoms with E-state index in [0.717, 1.165) is 25.6 Å². The number of ether oxygens (including phenoxy) is 1. The van der Waals surface area contributed by atoms with Crippen LogP contribution >= 0.6 is 0 Å². The summed E-state index contributed by atoms with van der Waals surface area (Å²) in [6, 6.07) is 0. The molecule has 1 aliphatic rings. The standard InChI is InChI=1S/C5H10O.C3H8O/c1-2-5-3-6-4-5;1-2-3-4/h5H,2-4H2,1H3;4H,2-3H2,1H3. The summed E-state index contributed by atoms with van der Waals surface area (Å²) in [5.41, 5.74) is 0. The van der Waals surface area contributed by atoms with Gasteiger partial charge in [-0.15, -0.1) is 0 Å². The summed E-state index contributed by atoms with van der Waals surface area (Å²) >= 11 is 0. The molecule has 1 aliphatic heterocycles. The van der Waals surface area contributed by atoms with Gasteiger partial charge in [0.25, 0.3) is 0 Å². The smallest absolute Gasteiger partial charge is 0.0516 e. The van der Waals surface area contributed by atoms with Crippen molar-refractivity contribution in [2.75, 3.05) is 19.8 Å². The van der Waals surface area contributed by atoms with Gasteiger partial charge in [0, 0.05) is 12.5 Å². The highest BCUT2D eigenvalue weighted by atomic mass is 16.5. The normalized spacial score (nSPS) is 17.1. The lowest BCUT2D eigenvalue weighted by molar-refractivity contribution is -0.0331. The summed E-state index contributed by atoms with van der Waals surface area (Å²) in [4.78, 5) is 0. The Balaban J connectivity index is 0.000000180. The van der Waals surface area contributed by atoms with E-state index in [9.17, 15) is 0 Å². The first kappa shape index (κ1) is 9.92. The zero-order valence-electron chi connectivity index (χ0n) is 6.97. The van der Waals surface area contributed by atoms with E-state index in [4.69, 9.17) is 9.84 Å². The van der Waals surface area contributed by atoms with Gasteiger partial charge >= 0.3 is 0 Å². The van der Waals surface area contributed by atoms with Gasteiger partial charge in [0.05, 0.1) is 13.2 Å². The SMILES string of the molecule is CCC1COC1.CCCO. The van der Waals surface area contributed by atoms with Crippen LogP contribution in [0, 0.1) is 5.92 Å². The average Bonchev–Trinajstić information content (AvgIpc) is 1.87. The molecule has 1 fully saturated rings. The summed E-state index contributed by atoms with van der Waals surface area (Å²) in [5, 5.41) is 7.88. The molecule has 10 heavy (non-hydrogen) atoms. The molecule has 0 aromatic heterocycles. The second-order valence-electron chi connectivity index (χ2n) is 2.54. The Hall–Kier alpha value is -0.0800. The Kier molecular flexibility index (Phi) is 6.98. The van der Waals surface area contributed by atoms with Gasteiger partial charge in [-0.1, -0.05) is 13.8 Å². The number of hydrogen-bond donors (Lipinski definition) is 1. The van der Waals surface area contributed by atoms with E-state index in [2.05, 4.69) is 6.92 Å². The minimum Gasteiger partial charge on any atom is -0.396 e. The van der Waals surface area contributed by atoms with Crippen LogP contribution in [0.15, 0.2) is 0 Å². The van der Waals surface area contributed by atoms with Crippen LogP contribution in [-0.2, 0) is 4.74 Å². The van der Waals surface area contributed by atoms with E-state index in [1.165, 1.54) is 6.42 Å². The largest absolute Gasteiger partial charge is 0.396 e. The summed E-state index contributed by atoms with van der Waals surface area (Å²) < 4.78 is 4.93. The van der Waals surface area contributed by atoms with Crippen molar-refractivity contribution in [2.24, 2.45) is 5.92 Å². The Morgan fingerprint density at radius 3 is 1.90 bits per heavy atom. The lowest BCUT2D eigenvalue weighted by Gasteiger charge is -2.23. The van der Waals surface area contributed by atoms with Crippen LogP contribution in [-0.4, -0.2) is 24.9 Å². The molecule has 62 valence electrons. The fourth-order valence-electron chi connectivity index (χ4n) is 0.520. The Bertz CT molecular complexity index is 55.5. The maximum absolute atomic E-state index is 7.88. The highest BCUT2D eigenvalue weighted by Gasteiger charge is 2.14. The molecule has 1 saturated heterocycles. The van der Waals surface area contributed by atoms with Crippen LogP contribution < -0.4 is 0 Å². The van der Waals surface area contributed by atoms with Crippen LogP contribution in [0.3, 0.4) is 0 Å². The van der Waals surface area contributed by atoms with Crippen LogP contribution in [0.1, 0.15) is 26.7 Å². The number of aliphatic hydroxyl groups excluding tert-OH is 1. The molecule has 0 radical (unpaired) electrons. The second-order valence-corrected chi connectivity index (χ2v) is 2.54. The first-order valence-electron chi connectivity index (χ1n) is 4.03. The molecule has 2 heteroatoms. The summed E-state index contributed by atoms with van der Waals surface area (Å²) in [7, 11) is 0. The molecule has 1 N–H and O–H groups in total. The third-order valence-corrected chi connectivity index (χ3v) is 1.51. The lowest BCUT2D eigenvalue weighted by Crippen LogP contribution is -2.26. The molecule has 0 amide bonds. The van der Waals surface area contributed by atoms with Gasteiger partial charge in [-0.3, -0.25) is 0 Å². The molecule has 0 bridgehead atoms. The summed E-state index contributed by atoms with van der Waals surface area (Å²) in [5.74, 6) is 0.894. The average molecular weight is 146 g/mol. The molecule has 0 aromatic carbocycles. The molecular formula is C8H18O2. The van der Waals surface area contributed by atoms with Gasteiger partial charge in [0.1, 0.15) is 0 Å². The van der Waals surface area contributed by atoms with E-state index in [1.807, 2.05) is 6.92 Å². The molecule has 0 aliphatic carbocycles. The molecule has 0 saturated carbocycles. The van der Waals surface area contributed by atoms with Crippen LogP contribution in [0.25, 0.3) is 0 Å². The van der Waals surface area contributed by atoms with Crippen molar-refractivity contribution in [3.8, 4) is 0 Å². The van der Waals surface area contributed by atoms with Gasteiger partial charge in [0.2, 0.25) is 0 Å². The van der Waals surface area contributed by atoms with Crippen molar-refractivity contribution in [2.45, 2.75) is 26.7 Å². The monoisotopic (exact) mass is 146 g/mol. The lowest BCUT2D eigenvalue weighted by atomic mass is 10.1. The van der Waals surface area contributed by atoms with Crippen molar-refractivity contribution < 1.29 is 9.84 Å². The highest BCUT2D eigenvalue weighted by Crippen LogP contribution is 2.12. The van der Waals surface area contributed by atoms with E-state index in [1.54, 1.807) is 0 Å². The molecule has 1 heterocycles.